The Balaban J connectivity index is 1.70. The highest BCUT2D eigenvalue weighted by molar-refractivity contribution is 5.73. The molecule has 1 aromatic heterocycles. The first kappa shape index (κ1) is 19.3. The van der Waals surface area contributed by atoms with Crippen LogP contribution in [0, 0.1) is 5.82 Å². The molecule has 0 spiro atoms. The van der Waals surface area contributed by atoms with Crippen LogP contribution >= 0.6 is 0 Å². The molecule has 0 bridgehead atoms. The third kappa shape index (κ3) is 3.92. The summed E-state index contributed by atoms with van der Waals surface area (Å²) in [5.74, 6) is -0.138. The van der Waals surface area contributed by atoms with Gasteiger partial charge in [0, 0.05) is 29.9 Å². The summed E-state index contributed by atoms with van der Waals surface area (Å²) in [5, 5.41) is 4.65. The lowest BCUT2D eigenvalue weighted by molar-refractivity contribution is -0.153. The number of anilines is 1. The van der Waals surface area contributed by atoms with Crippen molar-refractivity contribution in [1.82, 2.24) is 9.78 Å². The molecule has 1 aliphatic rings. The smallest absolute Gasteiger partial charge is 0.422 e. The quantitative estimate of drug-likeness (QED) is 0.549. The fourth-order valence-electron chi connectivity index (χ4n) is 3.58. The summed E-state index contributed by atoms with van der Waals surface area (Å²) in [7, 11) is 0. The second-order valence-corrected chi connectivity index (χ2v) is 6.82. The van der Waals surface area contributed by atoms with E-state index in [1.165, 1.54) is 18.2 Å². The lowest BCUT2D eigenvalue weighted by Gasteiger charge is -2.19. The van der Waals surface area contributed by atoms with E-state index in [2.05, 4.69) is 10.00 Å². The Hall–Kier alpha value is -3.03. The molecule has 1 aliphatic heterocycles. The number of para-hydroxylation sites is 1. The van der Waals surface area contributed by atoms with Gasteiger partial charge in [0.05, 0.1) is 17.9 Å². The molecule has 4 rings (SSSR count). The number of aromatic nitrogens is 2. The van der Waals surface area contributed by atoms with Crippen molar-refractivity contribution < 1.29 is 22.3 Å². The average molecular weight is 405 g/mol. The van der Waals surface area contributed by atoms with Crippen LogP contribution in [0.25, 0.3) is 11.3 Å². The standard InChI is InChI=1S/C21H19F4N3O/c1-2-28-20(16-5-3-4-6-19(16)29-13-21(23,24)25)17-11-27(12-18(17)26-28)15-9-7-14(22)8-10-15/h3-10H,2,11-13H2,1H3. The van der Waals surface area contributed by atoms with E-state index in [0.717, 1.165) is 22.6 Å². The Morgan fingerprint density at radius 2 is 1.76 bits per heavy atom. The summed E-state index contributed by atoms with van der Waals surface area (Å²) in [5.41, 5.74) is 3.99. The number of ether oxygens (including phenoxy) is 1. The molecule has 0 saturated heterocycles. The van der Waals surface area contributed by atoms with Gasteiger partial charge in [0.25, 0.3) is 0 Å². The highest BCUT2D eigenvalue weighted by Crippen LogP contribution is 2.39. The zero-order valence-electron chi connectivity index (χ0n) is 15.7. The van der Waals surface area contributed by atoms with Crippen molar-refractivity contribution in [1.29, 1.82) is 0 Å². The second-order valence-electron chi connectivity index (χ2n) is 6.82. The summed E-state index contributed by atoms with van der Waals surface area (Å²) < 4.78 is 58.1. The number of nitrogens with zero attached hydrogens (tertiary/aromatic N) is 3. The molecule has 0 aliphatic carbocycles. The second kappa shape index (κ2) is 7.42. The Morgan fingerprint density at radius 1 is 1.03 bits per heavy atom. The van der Waals surface area contributed by atoms with Gasteiger partial charge in [-0.25, -0.2) is 4.39 Å². The number of hydrogen-bond acceptors (Lipinski definition) is 3. The van der Waals surface area contributed by atoms with Crippen LogP contribution in [0.4, 0.5) is 23.2 Å². The van der Waals surface area contributed by atoms with E-state index in [9.17, 15) is 17.6 Å². The van der Waals surface area contributed by atoms with Gasteiger partial charge in [-0.05, 0) is 43.3 Å². The van der Waals surface area contributed by atoms with Crippen LogP contribution in [0.15, 0.2) is 48.5 Å². The van der Waals surface area contributed by atoms with Crippen molar-refractivity contribution in [2.45, 2.75) is 32.7 Å². The summed E-state index contributed by atoms with van der Waals surface area (Å²) in [4.78, 5) is 2.06. The highest BCUT2D eigenvalue weighted by Gasteiger charge is 2.31. The average Bonchev–Trinajstić information content (AvgIpc) is 3.24. The minimum atomic E-state index is -4.42. The minimum absolute atomic E-state index is 0.169. The third-order valence-electron chi connectivity index (χ3n) is 4.85. The van der Waals surface area contributed by atoms with Gasteiger partial charge in [0.2, 0.25) is 0 Å². The summed E-state index contributed by atoms with van der Waals surface area (Å²) in [6.07, 6.45) is -4.42. The van der Waals surface area contributed by atoms with Crippen LogP contribution in [0.1, 0.15) is 18.2 Å². The van der Waals surface area contributed by atoms with Crippen LogP contribution in [0.5, 0.6) is 5.75 Å². The van der Waals surface area contributed by atoms with E-state index >= 15 is 0 Å². The number of fused-ring (bicyclic) bond motifs is 1. The Kier molecular flexibility index (Phi) is 4.94. The number of rotatable bonds is 5. The molecule has 0 saturated carbocycles. The number of hydrogen-bond donors (Lipinski definition) is 0. The van der Waals surface area contributed by atoms with Crippen molar-refractivity contribution in [2.75, 3.05) is 11.5 Å². The van der Waals surface area contributed by atoms with Crippen LogP contribution in [-0.4, -0.2) is 22.6 Å². The minimum Gasteiger partial charge on any atom is -0.483 e. The number of halogens is 4. The molecule has 0 N–H and O–H groups in total. The molecular weight excluding hydrogens is 386 g/mol. The molecular formula is C21H19F4N3O. The Bertz CT molecular complexity index is 1010. The number of benzene rings is 2. The maximum Gasteiger partial charge on any atom is 0.422 e. The van der Waals surface area contributed by atoms with Crippen molar-refractivity contribution in [3.05, 3.63) is 65.6 Å². The lowest BCUT2D eigenvalue weighted by atomic mass is 10.1. The lowest BCUT2D eigenvalue weighted by Crippen LogP contribution is -2.20. The van der Waals surface area contributed by atoms with E-state index in [-0.39, 0.29) is 11.6 Å². The molecule has 0 radical (unpaired) electrons. The van der Waals surface area contributed by atoms with Crippen molar-refractivity contribution in [2.24, 2.45) is 0 Å². The molecule has 2 heterocycles. The predicted molar refractivity (Wildman–Crippen MR) is 101 cm³/mol. The van der Waals surface area contributed by atoms with Crippen LogP contribution in [-0.2, 0) is 19.6 Å². The van der Waals surface area contributed by atoms with Gasteiger partial charge in [0.1, 0.15) is 11.6 Å². The molecule has 0 amide bonds. The highest BCUT2D eigenvalue weighted by atomic mass is 19.4. The van der Waals surface area contributed by atoms with Crippen molar-refractivity contribution in [3.8, 4) is 17.0 Å². The predicted octanol–water partition coefficient (Wildman–Crippen LogP) is 5.17. The van der Waals surface area contributed by atoms with Gasteiger partial charge in [-0.15, -0.1) is 0 Å². The van der Waals surface area contributed by atoms with Crippen LogP contribution in [0.2, 0.25) is 0 Å². The molecule has 3 aromatic rings. The normalized spacial score (nSPS) is 13.6. The van der Waals surface area contributed by atoms with Gasteiger partial charge in [0.15, 0.2) is 6.61 Å². The fraction of sp³-hybridized carbons (Fsp3) is 0.286. The topological polar surface area (TPSA) is 30.3 Å². The number of aryl methyl sites for hydroxylation is 1. The Labute approximate surface area is 165 Å². The molecule has 29 heavy (non-hydrogen) atoms. The molecule has 0 fully saturated rings. The first-order chi connectivity index (χ1) is 13.9. The van der Waals surface area contributed by atoms with E-state index in [1.54, 1.807) is 35.0 Å². The summed E-state index contributed by atoms with van der Waals surface area (Å²) in [6, 6.07) is 12.9. The van der Waals surface area contributed by atoms with Gasteiger partial charge in [-0.3, -0.25) is 4.68 Å². The molecule has 4 nitrogen and oxygen atoms in total. The van der Waals surface area contributed by atoms with Gasteiger partial charge in [-0.1, -0.05) is 12.1 Å². The van der Waals surface area contributed by atoms with E-state index < -0.39 is 12.8 Å². The first-order valence-corrected chi connectivity index (χ1v) is 9.23. The fourth-order valence-corrected chi connectivity index (χ4v) is 3.58. The maximum atomic E-state index is 13.2. The molecule has 2 aromatic carbocycles. The third-order valence-corrected chi connectivity index (χ3v) is 4.85. The van der Waals surface area contributed by atoms with Crippen LogP contribution < -0.4 is 9.64 Å². The zero-order chi connectivity index (χ0) is 20.6. The molecule has 8 heteroatoms. The van der Waals surface area contributed by atoms with Gasteiger partial charge >= 0.3 is 6.18 Å². The summed E-state index contributed by atoms with van der Waals surface area (Å²) in [6.45, 7) is 2.24. The van der Waals surface area contributed by atoms with Crippen LogP contribution in [0.3, 0.4) is 0 Å². The van der Waals surface area contributed by atoms with E-state index in [4.69, 9.17) is 4.74 Å². The maximum absolute atomic E-state index is 13.2. The zero-order valence-corrected chi connectivity index (χ0v) is 15.7. The van der Waals surface area contributed by atoms with E-state index in [1.807, 2.05) is 6.92 Å². The SMILES string of the molecule is CCn1nc2c(c1-c1ccccc1OCC(F)(F)F)CN(c1ccc(F)cc1)C2. The largest absolute Gasteiger partial charge is 0.483 e. The number of alkyl halides is 3. The van der Waals surface area contributed by atoms with Gasteiger partial charge < -0.3 is 9.64 Å². The molecule has 152 valence electrons. The van der Waals surface area contributed by atoms with Crippen molar-refractivity contribution in [3.63, 3.8) is 0 Å². The molecule has 0 atom stereocenters. The van der Waals surface area contributed by atoms with E-state index in [0.29, 0.717) is 25.2 Å². The summed E-state index contributed by atoms with van der Waals surface area (Å²) >= 11 is 0. The van der Waals surface area contributed by atoms with Gasteiger partial charge in [-0.2, -0.15) is 18.3 Å². The monoisotopic (exact) mass is 405 g/mol. The Morgan fingerprint density at radius 3 is 2.45 bits per heavy atom. The van der Waals surface area contributed by atoms with Crippen molar-refractivity contribution >= 4 is 5.69 Å². The molecule has 0 unspecified atom stereocenters. The first-order valence-electron chi connectivity index (χ1n) is 9.23.